The number of fused-ring (bicyclic) bond motifs is 1. The Morgan fingerprint density at radius 1 is 0.682 bits per heavy atom. The second kappa shape index (κ2) is 16.8. The number of esters is 1. The molecule has 0 saturated heterocycles. The van der Waals surface area contributed by atoms with Gasteiger partial charge in [0.15, 0.2) is 0 Å². The molecule has 7 heteroatoms. The van der Waals surface area contributed by atoms with Crippen LogP contribution in [0.3, 0.4) is 0 Å². The number of unbranched alkanes of at least 4 members (excludes halogenated alkanes) is 7. The first-order valence-corrected chi connectivity index (χ1v) is 15.9. The SMILES string of the molecule is C=C(C)C(=O)OCCCCCCCCCCOc1ccc(N=Nc2ccc(N=NC(C)(C)C(C)(C)C)c3ccccc23)cc1. The van der Waals surface area contributed by atoms with Crippen molar-refractivity contribution in [3.8, 4) is 5.75 Å². The van der Waals surface area contributed by atoms with Gasteiger partial charge in [0.05, 0.1) is 35.8 Å². The van der Waals surface area contributed by atoms with E-state index in [4.69, 9.17) is 9.47 Å². The Morgan fingerprint density at radius 2 is 1.20 bits per heavy atom. The summed E-state index contributed by atoms with van der Waals surface area (Å²) in [7, 11) is 0. The maximum absolute atomic E-state index is 11.3. The van der Waals surface area contributed by atoms with Crippen molar-refractivity contribution in [2.75, 3.05) is 13.2 Å². The first kappa shape index (κ1) is 34.6. The highest BCUT2D eigenvalue weighted by atomic mass is 16.5. The molecule has 0 unspecified atom stereocenters. The van der Waals surface area contributed by atoms with E-state index in [2.05, 4.69) is 61.7 Å². The van der Waals surface area contributed by atoms with Gasteiger partial charge in [0.2, 0.25) is 0 Å². The molecule has 3 aromatic carbocycles. The van der Waals surface area contributed by atoms with E-state index in [1.165, 1.54) is 25.7 Å². The number of azo groups is 2. The minimum Gasteiger partial charge on any atom is -0.494 e. The van der Waals surface area contributed by atoms with E-state index >= 15 is 0 Å². The van der Waals surface area contributed by atoms with Crippen LogP contribution in [0.5, 0.6) is 5.75 Å². The zero-order chi connectivity index (χ0) is 32.0. The van der Waals surface area contributed by atoms with Crippen molar-refractivity contribution in [2.45, 2.75) is 98.4 Å². The number of carbonyl (C=O) groups is 1. The number of ether oxygens (including phenoxy) is 2. The third-order valence-electron chi connectivity index (χ3n) is 8.12. The Balaban J connectivity index is 1.41. The lowest BCUT2D eigenvalue weighted by atomic mass is 9.77. The van der Waals surface area contributed by atoms with Gasteiger partial charge in [-0.15, -0.1) is 5.11 Å². The first-order chi connectivity index (χ1) is 21.0. The second-order valence-corrected chi connectivity index (χ2v) is 12.9. The molecule has 0 amide bonds. The lowest BCUT2D eigenvalue weighted by Crippen LogP contribution is -2.34. The second-order valence-electron chi connectivity index (χ2n) is 12.9. The van der Waals surface area contributed by atoms with Crippen molar-refractivity contribution in [1.82, 2.24) is 0 Å². The molecule has 0 bridgehead atoms. The van der Waals surface area contributed by atoms with Crippen molar-refractivity contribution in [3.05, 3.63) is 72.8 Å². The van der Waals surface area contributed by atoms with Crippen molar-refractivity contribution in [3.63, 3.8) is 0 Å². The van der Waals surface area contributed by atoms with Crippen molar-refractivity contribution in [2.24, 2.45) is 25.9 Å². The van der Waals surface area contributed by atoms with Gasteiger partial charge in [0, 0.05) is 16.3 Å². The third kappa shape index (κ3) is 11.0. The van der Waals surface area contributed by atoms with Gasteiger partial charge in [0.1, 0.15) is 5.75 Å². The van der Waals surface area contributed by atoms with Gasteiger partial charge in [-0.2, -0.15) is 15.3 Å². The standard InChI is InChI=1S/C37H50N4O3/c1-28(2)35(42)44-27-17-13-11-9-8-10-12-16-26-43-30-22-20-29(21-23-30)38-39-33-24-25-34(32-19-15-14-18-31(32)33)40-41-37(6,7)36(3,4)5/h14-15,18-25H,1,8-13,16-17,26-27H2,2-7H3. The number of hydrogen-bond acceptors (Lipinski definition) is 7. The molecule has 44 heavy (non-hydrogen) atoms. The van der Waals surface area contributed by atoms with Crippen LogP contribution in [0.2, 0.25) is 0 Å². The van der Waals surface area contributed by atoms with Crippen LogP contribution in [0.25, 0.3) is 10.8 Å². The van der Waals surface area contributed by atoms with Gasteiger partial charge in [-0.05, 0) is 75.4 Å². The number of carbonyl (C=O) groups excluding carboxylic acids is 1. The Bertz CT molecular complexity index is 1420. The highest BCUT2D eigenvalue weighted by molar-refractivity contribution is 5.99. The summed E-state index contributed by atoms with van der Waals surface area (Å²) in [6, 6.07) is 19.8. The average molecular weight is 599 g/mol. The highest BCUT2D eigenvalue weighted by Gasteiger charge is 2.32. The fraction of sp³-hybridized carbons (Fsp3) is 0.486. The molecule has 0 aliphatic heterocycles. The Hall–Kier alpha value is -3.87. The molecule has 0 aliphatic carbocycles. The van der Waals surface area contributed by atoms with Crippen molar-refractivity contribution < 1.29 is 14.3 Å². The summed E-state index contributed by atoms with van der Waals surface area (Å²) in [4.78, 5) is 11.3. The van der Waals surface area contributed by atoms with Crippen LogP contribution in [-0.2, 0) is 9.53 Å². The zero-order valence-electron chi connectivity index (χ0n) is 27.6. The van der Waals surface area contributed by atoms with Crippen LogP contribution >= 0.6 is 0 Å². The van der Waals surface area contributed by atoms with Crippen molar-refractivity contribution >= 4 is 33.8 Å². The summed E-state index contributed by atoms with van der Waals surface area (Å²) in [5.74, 6) is 0.551. The van der Waals surface area contributed by atoms with Gasteiger partial charge >= 0.3 is 5.97 Å². The molecule has 3 rings (SSSR count). The molecule has 7 nitrogen and oxygen atoms in total. The number of nitrogens with zero attached hydrogens (tertiary/aromatic N) is 4. The number of hydrogen-bond donors (Lipinski definition) is 0. The molecular weight excluding hydrogens is 548 g/mol. The van der Waals surface area contributed by atoms with E-state index in [1.54, 1.807) is 6.92 Å². The summed E-state index contributed by atoms with van der Waals surface area (Å²) >= 11 is 0. The fourth-order valence-electron chi connectivity index (χ4n) is 4.23. The number of rotatable bonds is 17. The van der Waals surface area contributed by atoms with Gasteiger partial charge in [-0.25, -0.2) is 4.79 Å². The fourth-order valence-corrected chi connectivity index (χ4v) is 4.23. The molecule has 0 radical (unpaired) electrons. The minimum absolute atomic E-state index is 0.00541. The van der Waals surface area contributed by atoms with E-state index in [0.717, 1.165) is 59.3 Å². The first-order valence-electron chi connectivity index (χ1n) is 15.9. The van der Waals surface area contributed by atoms with E-state index < -0.39 is 0 Å². The molecule has 0 fully saturated rings. The molecule has 0 aliphatic rings. The zero-order valence-corrected chi connectivity index (χ0v) is 27.6. The predicted octanol–water partition coefficient (Wildman–Crippen LogP) is 11.8. The monoisotopic (exact) mass is 598 g/mol. The summed E-state index contributed by atoms with van der Waals surface area (Å²) in [6.45, 7) is 17.2. The average Bonchev–Trinajstić information content (AvgIpc) is 2.99. The molecule has 0 saturated carbocycles. The maximum Gasteiger partial charge on any atom is 0.333 e. The Kier molecular flexibility index (Phi) is 13.2. The maximum atomic E-state index is 11.3. The largest absolute Gasteiger partial charge is 0.494 e. The summed E-state index contributed by atoms with van der Waals surface area (Å²) in [6.07, 6.45) is 9.03. The summed E-state index contributed by atoms with van der Waals surface area (Å²) < 4.78 is 11.1. The van der Waals surface area contributed by atoms with Crippen LogP contribution < -0.4 is 4.74 Å². The van der Waals surface area contributed by atoms with Gasteiger partial charge < -0.3 is 9.47 Å². The van der Waals surface area contributed by atoms with E-state index in [9.17, 15) is 4.79 Å². The molecule has 0 N–H and O–H groups in total. The van der Waals surface area contributed by atoms with Crippen LogP contribution in [0.1, 0.15) is 92.9 Å². The summed E-state index contributed by atoms with van der Waals surface area (Å²) in [5, 5.41) is 20.4. The molecule has 0 spiro atoms. The van der Waals surface area contributed by atoms with Crippen LogP contribution in [0.4, 0.5) is 17.1 Å². The molecule has 236 valence electrons. The van der Waals surface area contributed by atoms with Gasteiger partial charge in [-0.1, -0.05) is 90.1 Å². The van der Waals surface area contributed by atoms with Crippen LogP contribution in [-0.4, -0.2) is 24.7 Å². The minimum atomic E-state index is -0.296. The van der Waals surface area contributed by atoms with Crippen LogP contribution in [0.15, 0.2) is 93.3 Å². The molecule has 0 atom stereocenters. The Morgan fingerprint density at radius 3 is 1.75 bits per heavy atom. The summed E-state index contributed by atoms with van der Waals surface area (Å²) in [5.41, 5.74) is 2.55. The molecule has 0 heterocycles. The normalized spacial score (nSPS) is 12.3. The van der Waals surface area contributed by atoms with Crippen molar-refractivity contribution in [1.29, 1.82) is 0 Å². The molecular formula is C37H50N4O3. The number of benzene rings is 3. The topological polar surface area (TPSA) is 85.0 Å². The highest BCUT2D eigenvalue weighted by Crippen LogP contribution is 2.38. The van der Waals surface area contributed by atoms with Crippen LogP contribution in [0, 0.1) is 5.41 Å². The quantitative estimate of drug-likeness (QED) is 0.0670. The van der Waals surface area contributed by atoms with E-state index in [1.807, 2.05) is 60.7 Å². The predicted molar refractivity (Wildman–Crippen MR) is 181 cm³/mol. The molecule has 3 aromatic rings. The lowest BCUT2D eigenvalue weighted by Gasteiger charge is -2.33. The van der Waals surface area contributed by atoms with Gasteiger partial charge in [-0.3, -0.25) is 0 Å². The van der Waals surface area contributed by atoms with Gasteiger partial charge in [0.25, 0.3) is 0 Å². The molecule has 0 aromatic heterocycles. The van der Waals surface area contributed by atoms with E-state index in [0.29, 0.717) is 18.8 Å². The smallest absolute Gasteiger partial charge is 0.333 e. The Labute approximate surface area is 263 Å². The lowest BCUT2D eigenvalue weighted by molar-refractivity contribution is -0.139. The third-order valence-corrected chi connectivity index (χ3v) is 8.12. The van der Waals surface area contributed by atoms with E-state index in [-0.39, 0.29) is 16.9 Å².